The lowest BCUT2D eigenvalue weighted by Crippen LogP contribution is -2.54. The van der Waals surface area contributed by atoms with Crippen molar-refractivity contribution in [2.45, 2.75) is 32.7 Å². The first-order valence-electron chi connectivity index (χ1n) is 6.54. The van der Waals surface area contributed by atoms with Crippen molar-refractivity contribution in [2.24, 2.45) is 0 Å². The average molecular weight is 265 g/mol. The van der Waals surface area contributed by atoms with Crippen LogP contribution in [0, 0.1) is 6.92 Å². The average Bonchev–Trinajstić information content (AvgIpc) is 2.42. The van der Waals surface area contributed by atoms with Gasteiger partial charge in [0.1, 0.15) is 17.9 Å². The topological polar surface area (TPSA) is 47.6 Å². The fourth-order valence-corrected chi connectivity index (χ4v) is 1.74. The number of hydrogen-bond donors (Lipinski definition) is 1. The second kappa shape index (κ2) is 7.14. The van der Waals surface area contributed by atoms with Crippen LogP contribution in [-0.2, 0) is 9.53 Å². The smallest absolute Gasteiger partial charge is 0.329 e. The second-order valence-corrected chi connectivity index (χ2v) is 4.86. The van der Waals surface area contributed by atoms with Crippen LogP contribution in [0.3, 0.4) is 0 Å². The largest absolute Gasteiger partial charge is 0.491 e. The van der Waals surface area contributed by atoms with E-state index in [2.05, 4.69) is 5.32 Å². The molecule has 0 saturated carbocycles. The zero-order valence-electron chi connectivity index (χ0n) is 12.2. The summed E-state index contributed by atoms with van der Waals surface area (Å²) < 4.78 is 10.6. The quantitative estimate of drug-likeness (QED) is 0.769. The van der Waals surface area contributed by atoms with Gasteiger partial charge in [0.05, 0.1) is 7.11 Å². The van der Waals surface area contributed by atoms with E-state index in [0.29, 0.717) is 0 Å². The number of aryl methyl sites for hydroxylation is 1. The molecule has 19 heavy (non-hydrogen) atoms. The van der Waals surface area contributed by atoms with Crippen LogP contribution >= 0.6 is 0 Å². The van der Waals surface area contributed by atoms with Crippen LogP contribution in [0.15, 0.2) is 24.3 Å². The molecule has 0 aliphatic heterocycles. The van der Waals surface area contributed by atoms with Crippen LogP contribution in [0.1, 0.15) is 25.8 Å². The molecule has 1 rings (SSSR count). The Morgan fingerprint density at radius 3 is 2.74 bits per heavy atom. The second-order valence-electron chi connectivity index (χ2n) is 4.86. The lowest BCUT2D eigenvalue weighted by Gasteiger charge is -2.27. The third-order valence-corrected chi connectivity index (χ3v) is 2.92. The zero-order valence-corrected chi connectivity index (χ0v) is 12.2. The molecule has 1 unspecified atom stereocenters. The van der Waals surface area contributed by atoms with Gasteiger partial charge in [0.25, 0.3) is 0 Å². The molecule has 0 radical (unpaired) electrons. The summed E-state index contributed by atoms with van der Waals surface area (Å²) in [5.74, 6) is 0.446. The summed E-state index contributed by atoms with van der Waals surface area (Å²) >= 11 is 0. The Hall–Kier alpha value is -1.55. The molecule has 0 aliphatic carbocycles. The molecule has 1 aromatic carbocycles. The summed E-state index contributed by atoms with van der Waals surface area (Å²) in [7, 11) is 1.39. The molecular weight excluding hydrogens is 242 g/mol. The van der Waals surface area contributed by atoms with Crippen molar-refractivity contribution in [3.8, 4) is 5.75 Å². The van der Waals surface area contributed by atoms with Gasteiger partial charge in [-0.05, 0) is 44.5 Å². The maximum Gasteiger partial charge on any atom is 0.329 e. The van der Waals surface area contributed by atoms with Crippen molar-refractivity contribution in [3.63, 3.8) is 0 Å². The highest BCUT2D eigenvalue weighted by Crippen LogP contribution is 2.15. The number of carbonyl (C=O) groups is 1. The van der Waals surface area contributed by atoms with Gasteiger partial charge in [-0.25, -0.2) is 4.79 Å². The molecule has 4 heteroatoms. The summed E-state index contributed by atoms with van der Waals surface area (Å²) in [4.78, 5) is 11.9. The van der Waals surface area contributed by atoms with Crippen molar-refractivity contribution in [3.05, 3.63) is 29.8 Å². The van der Waals surface area contributed by atoms with Crippen molar-refractivity contribution >= 4 is 5.97 Å². The monoisotopic (exact) mass is 265 g/mol. The first-order chi connectivity index (χ1) is 9.01. The van der Waals surface area contributed by atoms with E-state index in [1.54, 1.807) is 6.92 Å². The highest BCUT2D eigenvalue weighted by Gasteiger charge is 2.34. The van der Waals surface area contributed by atoms with Crippen molar-refractivity contribution < 1.29 is 14.3 Å². The molecular formula is C15H23NO3. The van der Waals surface area contributed by atoms with Crippen LogP contribution in [0.2, 0.25) is 0 Å². The SMILES string of the molecule is CCCNC(C)(COc1cccc(C)c1)C(=O)OC. The van der Waals surface area contributed by atoms with E-state index in [1.807, 2.05) is 38.1 Å². The minimum absolute atomic E-state index is 0.239. The van der Waals surface area contributed by atoms with Crippen LogP contribution in [0.4, 0.5) is 0 Å². The molecule has 0 fully saturated rings. The van der Waals surface area contributed by atoms with Gasteiger partial charge in [-0.1, -0.05) is 19.1 Å². The highest BCUT2D eigenvalue weighted by molar-refractivity contribution is 5.80. The zero-order chi connectivity index (χ0) is 14.3. The van der Waals surface area contributed by atoms with E-state index in [9.17, 15) is 4.79 Å². The molecule has 0 heterocycles. The Morgan fingerprint density at radius 1 is 1.42 bits per heavy atom. The minimum Gasteiger partial charge on any atom is -0.491 e. The van der Waals surface area contributed by atoms with Gasteiger partial charge in [-0.2, -0.15) is 0 Å². The summed E-state index contributed by atoms with van der Waals surface area (Å²) in [5, 5.41) is 3.18. The molecule has 0 aromatic heterocycles. The molecule has 0 spiro atoms. The van der Waals surface area contributed by atoms with Crippen LogP contribution in [0.25, 0.3) is 0 Å². The summed E-state index contributed by atoms with van der Waals surface area (Å²) in [6.45, 7) is 6.82. The number of nitrogens with one attached hydrogen (secondary N) is 1. The summed E-state index contributed by atoms with van der Waals surface area (Å²) in [6, 6.07) is 7.75. The molecule has 1 aromatic rings. The van der Waals surface area contributed by atoms with Gasteiger partial charge in [0, 0.05) is 0 Å². The predicted octanol–water partition coefficient (Wildman–Crippen LogP) is 2.31. The molecule has 0 amide bonds. The van der Waals surface area contributed by atoms with E-state index >= 15 is 0 Å². The van der Waals surface area contributed by atoms with E-state index < -0.39 is 5.54 Å². The fraction of sp³-hybridized carbons (Fsp3) is 0.533. The Morgan fingerprint density at radius 2 is 2.16 bits per heavy atom. The molecule has 0 bridgehead atoms. The van der Waals surface area contributed by atoms with Gasteiger partial charge >= 0.3 is 5.97 Å². The first kappa shape index (κ1) is 15.5. The third kappa shape index (κ3) is 4.56. The first-order valence-corrected chi connectivity index (χ1v) is 6.54. The van der Waals surface area contributed by atoms with Crippen LogP contribution in [-0.4, -0.2) is 31.8 Å². The van der Waals surface area contributed by atoms with Gasteiger partial charge in [0.15, 0.2) is 0 Å². The number of benzene rings is 1. The van der Waals surface area contributed by atoms with E-state index in [1.165, 1.54) is 7.11 Å². The predicted molar refractivity (Wildman–Crippen MR) is 75.4 cm³/mol. The summed E-state index contributed by atoms with van der Waals surface area (Å²) in [5.41, 5.74) is 0.299. The standard InChI is InChI=1S/C15H23NO3/c1-5-9-16-15(3,14(17)18-4)11-19-13-8-6-7-12(2)10-13/h6-8,10,16H,5,9,11H2,1-4H3. The Kier molecular flexibility index (Phi) is 5.83. The number of carbonyl (C=O) groups excluding carboxylic acids is 1. The van der Waals surface area contributed by atoms with Crippen molar-refractivity contribution in [1.29, 1.82) is 0 Å². The number of methoxy groups -OCH3 is 1. The van der Waals surface area contributed by atoms with Crippen molar-refractivity contribution in [2.75, 3.05) is 20.3 Å². The fourth-order valence-electron chi connectivity index (χ4n) is 1.74. The van der Waals surface area contributed by atoms with Gasteiger partial charge in [-0.3, -0.25) is 5.32 Å². The Bertz CT molecular complexity index is 420. The lowest BCUT2D eigenvalue weighted by atomic mass is 10.0. The molecule has 1 atom stereocenters. The molecule has 106 valence electrons. The maximum absolute atomic E-state index is 11.9. The number of rotatable bonds is 7. The van der Waals surface area contributed by atoms with Crippen LogP contribution in [0.5, 0.6) is 5.75 Å². The molecule has 0 aliphatic rings. The highest BCUT2D eigenvalue weighted by atomic mass is 16.5. The molecule has 0 saturated heterocycles. The van der Waals surface area contributed by atoms with Gasteiger partial charge < -0.3 is 9.47 Å². The normalized spacial score (nSPS) is 13.7. The Labute approximate surface area is 115 Å². The van der Waals surface area contributed by atoms with E-state index in [4.69, 9.17) is 9.47 Å². The van der Waals surface area contributed by atoms with Crippen molar-refractivity contribution in [1.82, 2.24) is 5.32 Å². The Balaban J connectivity index is 2.70. The molecule has 1 N–H and O–H groups in total. The minimum atomic E-state index is -0.825. The number of esters is 1. The van der Waals surface area contributed by atoms with Gasteiger partial charge in [0.2, 0.25) is 0 Å². The van der Waals surface area contributed by atoms with E-state index in [0.717, 1.165) is 24.3 Å². The number of ether oxygens (including phenoxy) is 2. The summed E-state index contributed by atoms with van der Waals surface area (Å²) in [6.07, 6.45) is 0.941. The third-order valence-electron chi connectivity index (χ3n) is 2.92. The maximum atomic E-state index is 11.9. The lowest BCUT2D eigenvalue weighted by molar-refractivity contribution is -0.149. The van der Waals surface area contributed by atoms with Gasteiger partial charge in [-0.15, -0.1) is 0 Å². The molecule has 4 nitrogen and oxygen atoms in total. The number of hydrogen-bond acceptors (Lipinski definition) is 4. The van der Waals surface area contributed by atoms with Crippen LogP contribution < -0.4 is 10.1 Å². The van der Waals surface area contributed by atoms with E-state index in [-0.39, 0.29) is 12.6 Å².